The lowest BCUT2D eigenvalue weighted by Gasteiger charge is -2.02. The van der Waals surface area contributed by atoms with Crippen LogP contribution in [0.15, 0.2) is 9.98 Å². The first-order valence-electron chi connectivity index (χ1n) is 3.45. The van der Waals surface area contributed by atoms with Crippen LogP contribution in [0.3, 0.4) is 0 Å². The molecule has 0 fully saturated rings. The molecule has 4 nitrogen and oxygen atoms in total. The molecule has 1 aromatic rings. The van der Waals surface area contributed by atoms with Gasteiger partial charge in [0, 0.05) is 0 Å². The maximum absolute atomic E-state index is 11.3. The molecular formula is C7H6BrN3OS. The predicted molar refractivity (Wildman–Crippen MR) is 52.4 cm³/mol. The molecular weight excluding hydrogens is 254 g/mol. The summed E-state index contributed by atoms with van der Waals surface area (Å²) in [5, 5.41) is 11.3. The van der Waals surface area contributed by atoms with Crippen molar-refractivity contribution < 1.29 is 4.79 Å². The molecule has 1 heterocycles. The molecule has 0 saturated carbocycles. The maximum atomic E-state index is 11.3. The topological polar surface area (TPSA) is 65.8 Å². The summed E-state index contributed by atoms with van der Waals surface area (Å²) in [6, 6.07) is 1.41. The molecule has 1 rings (SSSR count). The fourth-order valence-electron chi connectivity index (χ4n) is 0.650. The lowest BCUT2D eigenvalue weighted by atomic mass is 10.4. The van der Waals surface area contributed by atoms with E-state index in [4.69, 9.17) is 5.26 Å². The minimum absolute atomic E-state index is 0.315. The average molecular weight is 260 g/mol. The number of nitrogens with zero attached hydrogens (tertiary/aromatic N) is 2. The first-order chi connectivity index (χ1) is 6.13. The summed E-state index contributed by atoms with van der Waals surface area (Å²) in [5.74, 6) is -0.315. The zero-order valence-corrected chi connectivity index (χ0v) is 9.15. The molecule has 0 saturated heterocycles. The molecule has 1 atom stereocenters. The number of hydrogen-bond acceptors (Lipinski definition) is 4. The molecule has 0 aromatic carbocycles. The Balaban J connectivity index is 2.65. The van der Waals surface area contributed by atoms with E-state index < -0.39 is 6.04 Å². The summed E-state index contributed by atoms with van der Waals surface area (Å²) in [6.45, 7) is 1.61. The van der Waals surface area contributed by atoms with Crippen molar-refractivity contribution in [2.45, 2.75) is 13.0 Å². The molecule has 68 valence electrons. The highest BCUT2D eigenvalue weighted by molar-refractivity contribution is 9.11. The molecule has 0 bridgehead atoms. The Morgan fingerprint density at radius 3 is 3.08 bits per heavy atom. The third kappa shape index (κ3) is 2.79. The van der Waals surface area contributed by atoms with E-state index in [9.17, 15) is 4.79 Å². The fraction of sp³-hybridized carbons (Fsp3) is 0.286. The van der Waals surface area contributed by atoms with E-state index in [2.05, 4.69) is 26.2 Å². The van der Waals surface area contributed by atoms with Crippen molar-refractivity contribution in [1.82, 2.24) is 10.3 Å². The Kier molecular flexibility index (Phi) is 3.39. The van der Waals surface area contributed by atoms with Crippen molar-refractivity contribution in [3.8, 4) is 6.07 Å². The molecule has 1 N–H and O–H groups in total. The van der Waals surface area contributed by atoms with Gasteiger partial charge in [-0.1, -0.05) is 0 Å². The van der Waals surface area contributed by atoms with Crippen LogP contribution in [0.4, 0.5) is 0 Å². The van der Waals surface area contributed by atoms with Crippen LogP contribution in [0, 0.1) is 11.3 Å². The molecule has 6 heteroatoms. The van der Waals surface area contributed by atoms with Crippen molar-refractivity contribution in [3.63, 3.8) is 0 Å². The number of carbonyl (C=O) groups is 1. The van der Waals surface area contributed by atoms with Crippen LogP contribution in [-0.4, -0.2) is 16.9 Å². The fourth-order valence-corrected chi connectivity index (χ4v) is 1.76. The molecule has 0 aliphatic carbocycles. The second-order valence-electron chi connectivity index (χ2n) is 2.29. The van der Waals surface area contributed by atoms with Gasteiger partial charge in [-0.15, -0.1) is 11.3 Å². The molecule has 13 heavy (non-hydrogen) atoms. The van der Waals surface area contributed by atoms with Crippen molar-refractivity contribution in [3.05, 3.63) is 15.0 Å². The van der Waals surface area contributed by atoms with Gasteiger partial charge in [0.05, 0.1) is 16.1 Å². The van der Waals surface area contributed by atoms with Gasteiger partial charge >= 0.3 is 0 Å². The maximum Gasteiger partial charge on any atom is 0.281 e. The van der Waals surface area contributed by atoms with Crippen molar-refractivity contribution in [1.29, 1.82) is 5.26 Å². The monoisotopic (exact) mass is 259 g/mol. The minimum atomic E-state index is -0.491. The first kappa shape index (κ1) is 10.2. The third-order valence-electron chi connectivity index (χ3n) is 1.21. The highest BCUT2D eigenvalue weighted by atomic mass is 79.9. The lowest BCUT2D eigenvalue weighted by molar-refractivity contribution is 0.0947. The minimum Gasteiger partial charge on any atom is -0.334 e. The quantitative estimate of drug-likeness (QED) is 0.877. The average Bonchev–Trinajstić information content (AvgIpc) is 2.51. The first-order valence-corrected chi connectivity index (χ1v) is 5.06. The second kappa shape index (κ2) is 4.35. The van der Waals surface area contributed by atoms with Crippen LogP contribution < -0.4 is 5.32 Å². The second-order valence-corrected chi connectivity index (χ2v) is 4.70. The van der Waals surface area contributed by atoms with Crippen LogP contribution in [-0.2, 0) is 0 Å². The summed E-state index contributed by atoms with van der Waals surface area (Å²) >= 11 is 4.43. The van der Waals surface area contributed by atoms with Crippen LogP contribution in [0.5, 0.6) is 0 Å². The van der Waals surface area contributed by atoms with Gasteiger partial charge in [-0.25, -0.2) is 4.98 Å². The van der Waals surface area contributed by atoms with E-state index in [-0.39, 0.29) is 5.91 Å². The number of halogens is 1. The van der Waals surface area contributed by atoms with Crippen molar-refractivity contribution in [2.75, 3.05) is 0 Å². The van der Waals surface area contributed by atoms with Crippen LogP contribution in [0.2, 0.25) is 0 Å². The zero-order valence-electron chi connectivity index (χ0n) is 6.74. The summed E-state index contributed by atoms with van der Waals surface area (Å²) in [4.78, 5) is 15.1. The van der Waals surface area contributed by atoms with E-state index in [0.717, 1.165) is 3.79 Å². The van der Waals surface area contributed by atoms with Gasteiger partial charge in [-0.3, -0.25) is 4.79 Å². The highest BCUT2D eigenvalue weighted by Gasteiger charge is 2.12. The SMILES string of the molecule is C[C@H](C#N)NC(=O)c1ncc(Br)s1. The summed E-state index contributed by atoms with van der Waals surface area (Å²) in [6.07, 6.45) is 1.55. The molecule has 0 spiro atoms. The van der Waals surface area contributed by atoms with E-state index >= 15 is 0 Å². The Labute approximate surface area is 87.7 Å². The third-order valence-corrected chi connectivity index (χ3v) is 2.69. The molecule has 1 amide bonds. The number of hydrogen-bond donors (Lipinski definition) is 1. The van der Waals surface area contributed by atoms with Crippen LogP contribution >= 0.6 is 27.3 Å². The van der Waals surface area contributed by atoms with Gasteiger partial charge in [-0.05, 0) is 22.9 Å². The van der Waals surface area contributed by atoms with E-state index in [1.165, 1.54) is 11.3 Å². The van der Waals surface area contributed by atoms with Gasteiger partial charge in [0.25, 0.3) is 5.91 Å². The Morgan fingerprint density at radius 1 is 1.92 bits per heavy atom. The van der Waals surface area contributed by atoms with Gasteiger partial charge in [0.15, 0.2) is 5.01 Å². The highest BCUT2D eigenvalue weighted by Crippen LogP contribution is 2.18. The lowest BCUT2D eigenvalue weighted by Crippen LogP contribution is -2.31. The number of amides is 1. The molecule has 1 aromatic heterocycles. The number of nitriles is 1. The van der Waals surface area contributed by atoms with Gasteiger partial charge in [0.1, 0.15) is 6.04 Å². The molecule has 0 aliphatic heterocycles. The van der Waals surface area contributed by atoms with Crippen molar-refractivity contribution >= 4 is 33.2 Å². The molecule has 0 aliphatic rings. The molecule has 0 radical (unpaired) electrons. The Bertz CT molecular complexity index is 357. The van der Waals surface area contributed by atoms with Gasteiger partial charge < -0.3 is 5.32 Å². The number of carbonyl (C=O) groups excluding carboxylic acids is 1. The van der Waals surface area contributed by atoms with E-state index in [1.54, 1.807) is 13.1 Å². The number of rotatable bonds is 2. The standard InChI is InChI=1S/C7H6BrN3OS/c1-4(2-9)11-6(12)7-10-3-5(8)13-7/h3-4H,1H3,(H,11,12)/t4-/m1/s1. The van der Waals surface area contributed by atoms with Gasteiger partial charge in [-0.2, -0.15) is 5.26 Å². The van der Waals surface area contributed by atoms with Crippen molar-refractivity contribution in [2.24, 2.45) is 0 Å². The van der Waals surface area contributed by atoms with E-state index in [1.807, 2.05) is 6.07 Å². The largest absolute Gasteiger partial charge is 0.334 e. The predicted octanol–water partition coefficient (Wildman–Crippen LogP) is 1.55. The summed E-state index contributed by atoms with van der Waals surface area (Å²) in [7, 11) is 0. The normalized spacial score (nSPS) is 11.8. The zero-order chi connectivity index (χ0) is 9.84. The number of nitrogens with one attached hydrogen (secondary N) is 1. The Morgan fingerprint density at radius 2 is 2.62 bits per heavy atom. The number of thiazole rings is 1. The van der Waals surface area contributed by atoms with Crippen LogP contribution in [0.1, 0.15) is 16.7 Å². The summed E-state index contributed by atoms with van der Waals surface area (Å²) < 4.78 is 0.794. The Hall–Kier alpha value is -0.930. The van der Waals surface area contributed by atoms with Gasteiger partial charge in [0.2, 0.25) is 0 Å². The summed E-state index contributed by atoms with van der Waals surface area (Å²) in [5.41, 5.74) is 0. The van der Waals surface area contributed by atoms with Crippen LogP contribution in [0.25, 0.3) is 0 Å². The van der Waals surface area contributed by atoms with E-state index in [0.29, 0.717) is 5.01 Å². The number of aromatic nitrogens is 1. The molecule has 0 unspecified atom stereocenters. The smallest absolute Gasteiger partial charge is 0.281 e.